The van der Waals surface area contributed by atoms with Crippen LogP contribution in [0.5, 0.6) is 0 Å². The van der Waals surface area contributed by atoms with Crippen LogP contribution in [0.25, 0.3) is 0 Å². The third-order valence-electron chi connectivity index (χ3n) is 5.10. The summed E-state index contributed by atoms with van der Waals surface area (Å²) in [5, 5.41) is 3.83. The standard InChI is InChI=1S/C24H17ClN4O3S/c1-13-11-27-24(33-13)20(30)8-14-7-15-9-19(29-22(15)26-12-14)17-10-16(4-5-18(17)25)28-23(31)21-3-2-6-32-21/h2-7,10-12H,8-9H2,1H3,(H,28,31). The molecule has 5 rings (SSSR count). The van der Waals surface area contributed by atoms with Gasteiger partial charge in [0.05, 0.1) is 12.0 Å². The highest BCUT2D eigenvalue weighted by molar-refractivity contribution is 7.13. The maximum Gasteiger partial charge on any atom is 0.291 e. The molecule has 33 heavy (non-hydrogen) atoms. The second-order valence-corrected chi connectivity index (χ2v) is 9.21. The zero-order chi connectivity index (χ0) is 22.9. The molecule has 0 bridgehead atoms. The first-order valence-electron chi connectivity index (χ1n) is 10.1. The van der Waals surface area contributed by atoms with Crippen LogP contribution in [0.4, 0.5) is 11.5 Å². The predicted molar refractivity (Wildman–Crippen MR) is 127 cm³/mol. The van der Waals surface area contributed by atoms with Gasteiger partial charge >= 0.3 is 0 Å². The molecule has 0 saturated heterocycles. The lowest BCUT2D eigenvalue weighted by molar-refractivity contribution is 0.0986. The number of anilines is 1. The smallest absolute Gasteiger partial charge is 0.291 e. The summed E-state index contributed by atoms with van der Waals surface area (Å²) >= 11 is 7.83. The number of carbonyl (C=O) groups excluding carboxylic acids is 2. The van der Waals surface area contributed by atoms with Crippen LogP contribution >= 0.6 is 22.9 Å². The number of ketones is 1. The zero-order valence-electron chi connectivity index (χ0n) is 17.5. The van der Waals surface area contributed by atoms with Gasteiger partial charge in [0.1, 0.15) is 0 Å². The maximum atomic E-state index is 12.5. The van der Waals surface area contributed by atoms with E-state index in [0.29, 0.717) is 33.5 Å². The second-order valence-electron chi connectivity index (χ2n) is 7.56. The van der Waals surface area contributed by atoms with Gasteiger partial charge in [-0.15, -0.1) is 11.3 Å². The molecule has 1 aliphatic heterocycles. The first-order valence-corrected chi connectivity index (χ1v) is 11.3. The average molecular weight is 477 g/mol. The lowest BCUT2D eigenvalue weighted by Crippen LogP contribution is -2.12. The van der Waals surface area contributed by atoms with Crippen molar-refractivity contribution in [3.63, 3.8) is 0 Å². The minimum absolute atomic E-state index is 0.0305. The van der Waals surface area contributed by atoms with Gasteiger partial charge in [0.15, 0.2) is 22.4 Å². The topological polar surface area (TPSA) is 97.5 Å². The molecular weight excluding hydrogens is 460 g/mol. The van der Waals surface area contributed by atoms with E-state index in [-0.39, 0.29) is 23.9 Å². The Morgan fingerprint density at radius 3 is 2.82 bits per heavy atom. The van der Waals surface area contributed by atoms with Crippen molar-refractivity contribution in [3.8, 4) is 0 Å². The van der Waals surface area contributed by atoms with Crippen LogP contribution in [-0.4, -0.2) is 27.4 Å². The molecule has 1 amide bonds. The number of aryl methyl sites for hydroxylation is 1. The second kappa shape index (κ2) is 8.73. The Balaban J connectivity index is 1.33. The summed E-state index contributed by atoms with van der Waals surface area (Å²) in [4.78, 5) is 39.0. The van der Waals surface area contributed by atoms with E-state index in [2.05, 4.69) is 20.3 Å². The van der Waals surface area contributed by atoms with Crippen LogP contribution in [-0.2, 0) is 12.8 Å². The molecule has 164 valence electrons. The van der Waals surface area contributed by atoms with Gasteiger partial charge in [0.2, 0.25) is 0 Å². The molecule has 4 heterocycles. The van der Waals surface area contributed by atoms with E-state index in [9.17, 15) is 9.59 Å². The Kier molecular flexibility index (Phi) is 5.62. The van der Waals surface area contributed by atoms with Crippen LogP contribution in [0.2, 0.25) is 5.02 Å². The van der Waals surface area contributed by atoms with E-state index < -0.39 is 0 Å². The third kappa shape index (κ3) is 4.48. The number of Topliss-reactive ketones (excluding diaryl/α,β-unsaturated/α-hetero) is 1. The lowest BCUT2D eigenvalue weighted by atomic mass is 10.0. The predicted octanol–water partition coefficient (Wildman–Crippen LogP) is 5.45. The lowest BCUT2D eigenvalue weighted by Gasteiger charge is -2.08. The molecule has 0 radical (unpaired) electrons. The molecule has 1 aromatic carbocycles. The average Bonchev–Trinajstić information content (AvgIpc) is 3.55. The van der Waals surface area contributed by atoms with Crippen LogP contribution in [0.15, 0.2) is 64.5 Å². The highest BCUT2D eigenvalue weighted by atomic mass is 35.5. The quantitative estimate of drug-likeness (QED) is 0.373. The van der Waals surface area contributed by atoms with Gasteiger partial charge in [0.25, 0.3) is 5.91 Å². The van der Waals surface area contributed by atoms with Gasteiger partial charge in [-0.1, -0.05) is 11.6 Å². The van der Waals surface area contributed by atoms with Crippen molar-refractivity contribution in [2.24, 2.45) is 4.99 Å². The van der Waals surface area contributed by atoms with Crippen molar-refractivity contribution in [2.75, 3.05) is 5.32 Å². The van der Waals surface area contributed by atoms with Crippen LogP contribution in [0.3, 0.4) is 0 Å². The zero-order valence-corrected chi connectivity index (χ0v) is 19.0. The first kappa shape index (κ1) is 21.2. The molecule has 0 aliphatic carbocycles. The monoisotopic (exact) mass is 476 g/mol. The van der Waals surface area contributed by atoms with E-state index in [4.69, 9.17) is 16.0 Å². The molecular formula is C24H17ClN4O3S. The molecule has 3 aromatic heterocycles. The van der Waals surface area contributed by atoms with Gasteiger partial charge in [-0.2, -0.15) is 0 Å². The summed E-state index contributed by atoms with van der Waals surface area (Å²) in [7, 11) is 0. The molecule has 7 nitrogen and oxygen atoms in total. The Labute approximate surface area is 198 Å². The Bertz CT molecular complexity index is 1410. The van der Waals surface area contributed by atoms with Gasteiger partial charge in [-0.3, -0.25) is 9.59 Å². The number of aliphatic imine (C=N–C) groups is 1. The molecule has 0 saturated carbocycles. The van der Waals surface area contributed by atoms with E-state index in [0.717, 1.165) is 21.7 Å². The van der Waals surface area contributed by atoms with E-state index >= 15 is 0 Å². The summed E-state index contributed by atoms with van der Waals surface area (Å²) < 4.78 is 5.13. The number of benzene rings is 1. The van der Waals surface area contributed by atoms with Gasteiger partial charge in [-0.05, 0) is 48.9 Å². The number of thiazole rings is 1. The maximum absolute atomic E-state index is 12.5. The summed E-state index contributed by atoms with van der Waals surface area (Å²) in [6.45, 7) is 1.92. The van der Waals surface area contributed by atoms with Crippen LogP contribution in [0.1, 0.15) is 41.9 Å². The number of fused-ring (bicyclic) bond motifs is 1. The van der Waals surface area contributed by atoms with E-state index in [1.54, 1.807) is 42.7 Å². The number of halogens is 1. The molecule has 0 unspecified atom stereocenters. The van der Waals surface area contributed by atoms with Crippen molar-refractivity contribution in [1.29, 1.82) is 0 Å². The van der Waals surface area contributed by atoms with Crippen LogP contribution < -0.4 is 5.32 Å². The fraction of sp³-hybridized carbons (Fsp3) is 0.125. The normalized spacial score (nSPS) is 12.4. The number of amides is 1. The van der Waals surface area contributed by atoms with Gasteiger partial charge < -0.3 is 9.73 Å². The number of carbonyl (C=O) groups is 2. The highest BCUT2D eigenvalue weighted by Crippen LogP contribution is 2.31. The summed E-state index contributed by atoms with van der Waals surface area (Å²) in [5.74, 6) is 0.442. The highest BCUT2D eigenvalue weighted by Gasteiger charge is 2.21. The van der Waals surface area contributed by atoms with Crippen molar-refractivity contribution >= 4 is 51.8 Å². The van der Waals surface area contributed by atoms with Crippen molar-refractivity contribution in [1.82, 2.24) is 9.97 Å². The van der Waals surface area contributed by atoms with Crippen molar-refractivity contribution in [2.45, 2.75) is 19.8 Å². The fourth-order valence-electron chi connectivity index (χ4n) is 3.55. The van der Waals surface area contributed by atoms with Crippen LogP contribution in [0, 0.1) is 6.92 Å². The van der Waals surface area contributed by atoms with Gasteiger partial charge in [-0.25, -0.2) is 15.0 Å². The Hall–Kier alpha value is -3.62. The number of nitrogens with zero attached hydrogens (tertiary/aromatic N) is 3. The molecule has 0 atom stereocenters. The Morgan fingerprint density at radius 1 is 1.18 bits per heavy atom. The van der Waals surface area contributed by atoms with Gasteiger partial charge in [0, 0.05) is 51.9 Å². The Morgan fingerprint density at radius 2 is 2.06 bits per heavy atom. The number of rotatable bonds is 6. The van der Waals surface area contributed by atoms with E-state index in [1.807, 2.05) is 13.0 Å². The minimum Gasteiger partial charge on any atom is -0.459 e. The molecule has 1 N–H and O–H groups in total. The molecule has 1 aliphatic rings. The molecule has 9 heteroatoms. The number of nitrogens with one attached hydrogen (secondary N) is 1. The number of hydrogen-bond donors (Lipinski definition) is 1. The number of aromatic nitrogens is 2. The third-order valence-corrected chi connectivity index (χ3v) is 6.39. The largest absolute Gasteiger partial charge is 0.459 e. The molecule has 4 aromatic rings. The number of hydrogen-bond acceptors (Lipinski definition) is 7. The minimum atomic E-state index is -0.351. The SMILES string of the molecule is Cc1cnc(C(=O)Cc2cnc3c(c2)CC(c2cc(NC(=O)c4ccco4)ccc2Cl)=N3)s1. The first-order chi connectivity index (χ1) is 16.0. The van der Waals surface area contributed by atoms with Crippen molar-refractivity contribution < 1.29 is 14.0 Å². The summed E-state index contributed by atoms with van der Waals surface area (Å²) in [5.41, 5.74) is 3.77. The van der Waals surface area contributed by atoms with E-state index in [1.165, 1.54) is 17.6 Å². The summed E-state index contributed by atoms with van der Waals surface area (Å²) in [6.07, 6.45) is 5.58. The molecule has 0 spiro atoms. The molecule has 0 fully saturated rings. The fourth-order valence-corrected chi connectivity index (χ4v) is 4.48. The van der Waals surface area contributed by atoms with Crippen molar-refractivity contribution in [3.05, 3.63) is 92.4 Å². The number of furan rings is 1. The number of pyridine rings is 1. The summed E-state index contributed by atoms with van der Waals surface area (Å²) in [6, 6.07) is 10.4.